The van der Waals surface area contributed by atoms with Gasteiger partial charge < -0.3 is 16.0 Å². The Labute approximate surface area is 87.5 Å². The number of H-pyrrole nitrogens is 1. The Hall–Kier alpha value is -1.97. The average molecular weight is 203 g/mol. The second-order valence-corrected chi connectivity index (χ2v) is 3.52. The Morgan fingerprint density at radius 3 is 3.00 bits per heavy atom. The maximum Gasteiger partial charge on any atom is 0.239 e. The zero-order valence-electron chi connectivity index (χ0n) is 8.45. The van der Waals surface area contributed by atoms with Gasteiger partial charge in [-0.3, -0.25) is 4.79 Å². The number of carbonyl (C=O) groups excluding carboxylic acids is 1. The summed E-state index contributed by atoms with van der Waals surface area (Å²) in [5, 5.41) is 4.17. The Morgan fingerprint density at radius 1 is 1.47 bits per heavy atom. The molecular formula is C11H13N3O. The van der Waals surface area contributed by atoms with Crippen LogP contribution in [-0.2, 0) is 4.79 Å². The molecule has 4 N–H and O–H groups in total. The predicted octanol–water partition coefficient (Wildman–Crippen LogP) is 1.45. The summed E-state index contributed by atoms with van der Waals surface area (Å²) in [6, 6.07) is 7.46. The second-order valence-electron chi connectivity index (χ2n) is 3.52. The number of anilines is 1. The monoisotopic (exact) mass is 203 g/mol. The summed E-state index contributed by atoms with van der Waals surface area (Å²) in [5.74, 6) is -0.362. The molecular weight excluding hydrogens is 190 g/mol. The summed E-state index contributed by atoms with van der Waals surface area (Å²) in [5.41, 5.74) is 7.08. The fourth-order valence-electron chi connectivity index (χ4n) is 1.51. The number of amides is 1. The van der Waals surface area contributed by atoms with Gasteiger partial charge in [-0.15, -0.1) is 0 Å². The molecule has 1 atom stereocenters. The molecule has 15 heavy (non-hydrogen) atoms. The molecule has 1 unspecified atom stereocenters. The predicted molar refractivity (Wildman–Crippen MR) is 60.6 cm³/mol. The van der Waals surface area contributed by atoms with Gasteiger partial charge in [-0.1, -0.05) is 12.1 Å². The third-order valence-electron chi connectivity index (χ3n) is 2.39. The molecule has 0 aliphatic rings. The van der Waals surface area contributed by atoms with Crippen molar-refractivity contribution in [1.82, 2.24) is 4.98 Å². The van der Waals surface area contributed by atoms with Crippen LogP contribution >= 0.6 is 0 Å². The smallest absolute Gasteiger partial charge is 0.239 e. The molecule has 78 valence electrons. The Balaban J connectivity index is 2.35. The first-order valence-electron chi connectivity index (χ1n) is 4.80. The van der Waals surface area contributed by atoms with Gasteiger partial charge in [-0.05, 0) is 19.1 Å². The van der Waals surface area contributed by atoms with E-state index in [0.29, 0.717) is 0 Å². The number of hydrogen-bond acceptors (Lipinski definition) is 2. The van der Waals surface area contributed by atoms with Crippen LogP contribution in [0.5, 0.6) is 0 Å². The lowest BCUT2D eigenvalue weighted by Gasteiger charge is -2.12. The number of aromatic nitrogens is 1. The van der Waals surface area contributed by atoms with Gasteiger partial charge in [0.05, 0.1) is 11.2 Å². The van der Waals surface area contributed by atoms with E-state index in [4.69, 9.17) is 5.73 Å². The molecule has 1 aromatic carbocycles. The van der Waals surface area contributed by atoms with Crippen molar-refractivity contribution in [3.05, 3.63) is 30.5 Å². The van der Waals surface area contributed by atoms with Gasteiger partial charge in [0.25, 0.3) is 0 Å². The van der Waals surface area contributed by atoms with Crippen molar-refractivity contribution < 1.29 is 4.79 Å². The largest absolute Gasteiger partial charge is 0.372 e. The third kappa shape index (κ3) is 1.79. The molecule has 0 aliphatic carbocycles. The number of fused-ring (bicyclic) bond motifs is 1. The summed E-state index contributed by atoms with van der Waals surface area (Å²) in [7, 11) is 0. The van der Waals surface area contributed by atoms with Crippen molar-refractivity contribution in [2.24, 2.45) is 5.73 Å². The minimum atomic E-state index is -0.376. The Kier molecular flexibility index (Phi) is 2.33. The summed E-state index contributed by atoms with van der Waals surface area (Å²) in [6.07, 6.45) is 1.87. The first kappa shape index (κ1) is 9.58. The van der Waals surface area contributed by atoms with E-state index in [0.717, 1.165) is 16.6 Å². The maximum atomic E-state index is 10.9. The lowest BCUT2D eigenvalue weighted by molar-refractivity contribution is -0.118. The number of rotatable bonds is 3. The van der Waals surface area contributed by atoms with Gasteiger partial charge in [0.15, 0.2) is 0 Å². The van der Waals surface area contributed by atoms with Crippen molar-refractivity contribution in [2.75, 3.05) is 5.32 Å². The molecule has 0 spiro atoms. The van der Waals surface area contributed by atoms with E-state index >= 15 is 0 Å². The minimum absolute atomic E-state index is 0.362. The van der Waals surface area contributed by atoms with Gasteiger partial charge in [0.2, 0.25) is 5.91 Å². The van der Waals surface area contributed by atoms with Gasteiger partial charge in [-0.2, -0.15) is 0 Å². The first-order chi connectivity index (χ1) is 7.18. The SMILES string of the molecule is CC(Nc1cccc2cc[nH]c12)C(N)=O. The first-order valence-corrected chi connectivity index (χ1v) is 4.80. The summed E-state index contributed by atoms with van der Waals surface area (Å²) >= 11 is 0. The van der Waals surface area contributed by atoms with Crippen molar-refractivity contribution in [3.63, 3.8) is 0 Å². The molecule has 0 bridgehead atoms. The van der Waals surface area contributed by atoms with Crippen LogP contribution in [0.25, 0.3) is 10.9 Å². The highest BCUT2D eigenvalue weighted by atomic mass is 16.1. The Bertz CT molecular complexity index is 489. The number of primary amides is 1. The normalized spacial score (nSPS) is 12.6. The standard InChI is InChI=1S/C11H13N3O/c1-7(11(12)15)14-9-4-2-3-8-5-6-13-10(8)9/h2-7,13-14H,1H3,(H2,12,15). The van der Waals surface area contributed by atoms with Gasteiger partial charge in [0.1, 0.15) is 6.04 Å². The highest BCUT2D eigenvalue weighted by molar-refractivity contribution is 5.93. The van der Waals surface area contributed by atoms with E-state index < -0.39 is 0 Å². The highest BCUT2D eigenvalue weighted by Crippen LogP contribution is 2.21. The van der Waals surface area contributed by atoms with E-state index in [1.54, 1.807) is 6.92 Å². The van der Waals surface area contributed by atoms with Crippen LogP contribution in [-0.4, -0.2) is 16.9 Å². The molecule has 0 saturated heterocycles. The number of para-hydroxylation sites is 1. The Morgan fingerprint density at radius 2 is 2.27 bits per heavy atom. The average Bonchev–Trinajstić information content (AvgIpc) is 2.66. The lowest BCUT2D eigenvalue weighted by Crippen LogP contribution is -2.32. The molecule has 1 aromatic heterocycles. The number of hydrogen-bond donors (Lipinski definition) is 3. The summed E-state index contributed by atoms with van der Waals surface area (Å²) in [4.78, 5) is 14.0. The summed E-state index contributed by atoms with van der Waals surface area (Å²) in [6.45, 7) is 1.74. The molecule has 0 radical (unpaired) electrons. The van der Waals surface area contributed by atoms with Gasteiger partial charge in [0, 0.05) is 11.6 Å². The topological polar surface area (TPSA) is 70.9 Å². The van der Waals surface area contributed by atoms with E-state index in [2.05, 4.69) is 10.3 Å². The maximum absolute atomic E-state index is 10.9. The van der Waals surface area contributed by atoms with E-state index in [9.17, 15) is 4.79 Å². The zero-order chi connectivity index (χ0) is 10.8. The molecule has 1 amide bonds. The van der Waals surface area contributed by atoms with Crippen molar-refractivity contribution in [1.29, 1.82) is 0 Å². The number of nitrogens with two attached hydrogens (primary N) is 1. The molecule has 0 fully saturated rings. The van der Waals surface area contributed by atoms with Gasteiger partial charge >= 0.3 is 0 Å². The lowest BCUT2D eigenvalue weighted by atomic mass is 10.2. The van der Waals surface area contributed by atoms with Crippen LogP contribution in [0.15, 0.2) is 30.5 Å². The quantitative estimate of drug-likeness (QED) is 0.706. The van der Waals surface area contributed by atoms with Crippen LogP contribution in [0, 0.1) is 0 Å². The van der Waals surface area contributed by atoms with E-state index in [1.165, 1.54) is 0 Å². The van der Waals surface area contributed by atoms with E-state index in [1.807, 2.05) is 30.5 Å². The molecule has 4 nitrogen and oxygen atoms in total. The molecule has 2 aromatic rings. The van der Waals surface area contributed by atoms with Crippen molar-refractivity contribution in [3.8, 4) is 0 Å². The number of aromatic amines is 1. The van der Waals surface area contributed by atoms with Crippen LogP contribution in [0.4, 0.5) is 5.69 Å². The number of nitrogens with one attached hydrogen (secondary N) is 2. The van der Waals surface area contributed by atoms with Crippen LogP contribution < -0.4 is 11.1 Å². The molecule has 0 aliphatic heterocycles. The zero-order valence-corrected chi connectivity index (χ0v) is 8.45. The number of benzene rings is 1. The molecule has 1 heterocycles. The molecule has 0 saturated carbocycles. The number of carbonyl (C=O) groups is 1. The minimum Gasteiger partial charge on any atom is -0.372 e. The van der Waals surface area contributed by atoms with Crippen LogP contribution in [0.1, 0.15) is 6.92 Å². The van der Waals surface area contributed by atoms with Crippen molar-refractivity contribution >= 4 is 22.5 Å². The van der Waals surface area contributed by atoms with E-state index in [-0.39, 0.29) is 11.9 Å². The fourth-order valence-corrected chi connectivity index (χ4v) is 1.51. The highest BCUT2D eigenvalue weighted by Gasteiger charge is 2.09. The fraction of sp³-hybridized carbons (Fsp3) is 0.182. The van der Waals surface area contributed by atoms with Crippen LogP contribution in [0.3, 0.4) is 0 Å². The molecule has 4 heteroatoms. The molecule has 2 rings (SSSR count). The van der Waals surface area contributed by atoms with Crippen molar-refractivity contribution in [2.45, 2.75) is 13.0 Å². The van der Waals surface area contributed by atoms with Gasteiger partial charge in [-0.25, -0.2) is 0 Å². The second kappa shape index (κ2) is 3.65. The third-order valence-corrected chi connectivity index (χ3v) is 2.39. The van der Waals surface area contributed by atoms with Crippen LogP contribution in [0.2, 0.25) is 0 Å². The summed E-state index contributed by atoms with van der Waals surface area (Å²) < 4.78 is 0.